The summed E-state index contributed by atoms with van der Waals surface area (Å²) in [5.74, 6) is -1.15. The highest BCUT2D eigenvalue weighted by atomic mass is 32.2. The van der Waals surface area contributed by atoms with Gasteiger partial charge in [-0.2, -0.15) is 22.7 Å². The van der Waals surface area contributed by atoms with Gasteiger partial charge in [0.2, 0.25) is 15.9 Å². The van der Waals surface area contributed by atoms with Gasteiger partial charge in [-0.15, -0.1) is 0 Å². The molecular formula is C24H19F4N5O3S. The number of hydrogen-bond donors (Lipinski definition) is 1. The Labute approximate surface area is 209 Å². The molecule has 2 aromatic heterocycles. The van der Waals surface area contributed by atoms with Crippen molar-refractivity contribution in [2.24, 2.45) is 0 Å². The van der Waals surface area contributed by atoms with E-state index in [0.29, 0.717) is 12.1 Å². The molecular weight excluding hydrogens is 514 g/mol. The number of rotatable bonds is 6. The molecule has 1 saturated heterocycles. The minimum atomic E-state index is -4.61. The predicted molar refractivity (Wildman–Crippen MR) is 122 cm³/mol. The van der Waals surface area contributed by atoms with Gasteiger partial charge in [0.05, 0.1) is 22.7 Å². The van der Waals surface area contributed by atoms with Crippen LogP contribution in [0.5, 0.6) is 0 Å². The molecule has 0 radical (unpaired) electrons. The molecule has 3 aromatic rings. The normalized spacial score (nSPS) is 16.4. The molecule has 4 rings (SSSR count). The molecule has 0 spiro atoms. The molecule has 1 aromatic carbocycles. The number of sulfonamides is 1. The van der Waals surface area contributed by atoms with Gasteiger partial charge in [0.25, 0.3) is 0 Å². The van der Waals surface area contributed by atoms with Gasteiger partial charge in [-0.05, 0) is 49.2 Å². The van der Waals surface area contributed by atoms with E-state index in [1.165, 1.54) is 18.3 Å². The topological polar surface area (TPSA) is 116 Å². The van der Waals surface area contributed by atoms with E-state index in [-0.39, 0.29) is 41.1 Å². The van der Waals surface area contributed by atoms with Crippen molar-refractivity contribution in [3.63, 3.8) is 0 Å². The largest absolute Gasteiger partial charge is 0.433 e. The van der Waals surface area contributed by atoms with E-state index < -0.39 is 39.7 Å². The van der Waals surface area contributed by atoms with Gasteiger partial charge in [-0.1, -0.05) is 6.07 Å². The van der Waals surface area contributed by atoms with E-state index in [2.05, 4.69) is 15.3 Å². The minimum absolute atomic E-state index is 0.101. The van der Waals surface area contributed by atoms with E-state index in [0.717, 1.165) is 40.8 Å². The molecule has 0 aliphatic carbocycles. The van der Waals surface area contributed by atoms with Crippen LogP contribution in [0, 0.1) is 17.1 Å². The fourth-order valence-electron chi connectivity index (χ4n) is 3.97. The average molecular weight is 534 g/mol. The molecule has 1 fully saturated rings. The highest BCUT2D eigenvalue weighted by Crippen LogP contribution is 2.30. The Balaban J connectivity index is 1.50. The molecule has 1 atom stereocenters. The third-order valence-corrected chi connectivity index (χ3v) is 7.74. The van der Waals surface area contributed by atoms with E-state index in [9.17, 15) is 36.0 Å². The molecule has 1 unspecified atom stereocenters. The summed E-state index contributed by atoms with van der Waals surface area (Å²) in [6, 6.07) is 8.70. The summed E-state index contributed by atoms with van der Waals surface area (Å²) >= 11 is 0. The standard InChI is InChI=1S/C24H19F4N5O3S/c25-17-4-6-19(7-5-17)37(35,36)33-9-1-2-21(33)23(34)32-14-18-10-20(16(11-29)13-30-18)15-3-8-22(31-12-15)24(26,27)28/h3-8,10,12-13,21H,1-2,9,14H2,(H,32,34). The first-order valence-electron chi connectivity index (χ1n) is 11.0. The monoisotopic (exact) mass is 533 g/mol. The van der Waals surface area contributed by atoms with Crippen molar-refractivity contribution in [1.29, 1.82) is 5.26 Å². The zero-order valence-corrected chi connectivity index (χ0v) is 19.9. The Morgan fingerprint density at radius 3 is 2.49 bits per heavy atom. The lowest BCUT2D eigenvalue weighted by molar-refractivity contribution is -0.141. The number of nitriles is 1. The highest BCUT2D eigenvalue weighted by Gasteiger charge is 2.39. The number of aromatic nitrogens is 2. The maximum Gasteiger partial charge on any atom is 0.433 e. The van der Waals surface area contributed by atoms with E-state index in [1.807, 2.05) is 6.07 Å². The van der Waals surface area contributed by atoms with Crippen molar-refractivity contribution in [2.45, 2.75) is 36.5 Å². The minimum Gasteiger partial charge on any atom is -0.349 e. The van der Waals surface area contributed by atoms with Gasteiger partial charge < -0.3 is 5.32 Å². The van der Waals surface area contributed by atoms with Crippen LogP contribution < -0.4 is 5.32 Å². The van der Waals surface area contributed by atoms with Crippen LogP contribution in [0.25, 0.3) is 11.1 Å². The Morgan fingerprint density at radius 2 is 1.86 bits per heavy atom. The third kappa shape index (κ3) is 5.60. The van der Waals surface area contributed by atoms with Crippen molar-refractivity contribution < 1.29 is 30.8 Å². The van der Waals surface area contributed by atoms with Crippen molar-refractivity contribution in [3.05, 3.63) is 77.6 Å². The van der Waals surface area contributed by atoms with Gasteiger partial charge in [-0.25, -0.2) is 12.8 Å². The number of amides is 1. The SMILES string of the molecule is N#Cc1cnc(CNC(=O)C2CCCN2S(=O)(=O)c2ccc(F)cc2)cc1-c1ccc(C(F)(F)F)nc1. The molecule has 37 heavy (non-hydrogen) atoms. The Hall–Kier alpha value is -3.89. The lowest BCUT2D eigenvalue weighted by atomic mass is 10.0. The molecule has 192 valence electrons. The molecule has 3 heterocycles. The summed E-state index contributed by atoms with van der Waals surface area (Å²) in [6.07, 6.45) is -1.63. The lowest BCUT2D eigenvalue weighted by Gasteiger charge is -2.23. The second-order valence-corrected chi connectivity index (χ2v) is 10.1. The van der Waals surface area contributed by atoms with Crippen LogP contribution in [0.2, 0.25) is 0 Å². The molecule has 0 saturated carbocycles. The zero-order valence-electron chi connectivity index (χ0n) is 19.0. The maximum atomic E-state index is 13.2. The summed E-state index contributed by atoms with van der Waals surface area (Å²) in [7, 11) is -4.03. The third-order valence-electron chi connectivity index (χ3n) is 5.82. The number of halogens is 4. The van der Waals surface area contributed by atoms with E-state index in [1.54, 1.807) is 0 Å². The number of alkyl halides is 3. The molecule has 1 N–H and O–H groups in total. The smallest absolute Gasteiger partial charge is 0.349 e. The molecule has 1 amide bonds. The van der Waals surface area contributed by atoms with Crippen LogP contribution in [0.4, 0.5) is 17.6 Å². The number of carbonyl (C=O) groups excluding carboxylic acids is 1. The first-order valence-corrected chi connectivity index (χ1v) is 12.4. The second kappa shape index (κ2) is 10.2. The van der Waals surface area contributed by atoms with Crippen LogP contribution in [0.15, 0.2) is 59.8 Å². The van der Waals surface area contributed by atoms with E-state index in [4.69, 9.17) is 0 Å². The zero-order chi connectivity index (χ0) is 26.8. The number of nitrogens with zero attached hydrogens (tertiary/aromatic N) is 4. The fraction of sp³-hybridized carbons (Fsp3) is 0.250. The van der Waals surface area contributed by atoms with Gasteiger partial charge >= 0.3 is 6.18 Å². The molecule has 1 aliphatic rings. The molecule has 8 nitrogen and oxygen atoms in total. The van der Waals surface area contributed by atoms with Crippen LogP contribution >= 0.6 is 0 Å². The number of carbonyl (C=O) groups is 1. The number of pyridine rings is 2. The van der Waals surface area contributed by atoms with Crippen molar-refractivity contribution in [1.82, 2.24) is 19.6 Å². The van der Waals surface area contributed by atoms with Crippen LogP contribution in [-0.2, 0) is 27.5 Å². The second-order valence-electron chi connectivity index (χ2n) is 8.21. The molecule has 0 bridgehead atoms. The van der Waals surface area contributed by atoms with Gasteiger partial charge in [0.15, 0.2) is 0 Å². The Bertz CT molecular complexity index is 1450. The lowest BCUT2D eigenvalue weighted by Crippen LogP contribution is -2.45. The van der Waals surface area contributed by atoms with Crippen LogP contribution in [-0.4, -0.2) is 41.2 Å². The van der Waals surface area contributed by atoms with Gasteiger partial charge in [-0.3, -0.25) is 14.8 Å². The van der Waals surface area contributed by atoms with E-state index >= 15 is 0 Å². The van der Waals surface area contributed by atoms with Crippen molar-refractivity contribution in [2.75, 3.05) is 6.54 Å². The first kappa shape index (κ1) is 26.2. The fourth-order valence-corrected chi connectivity index (χ4v) is 5.63. The maximum absolute atomic E-state index is 13.2. The summed E-state index contributed by atoms with van der Waals surface area (Å²) in [6.45, 7) is 0.00449. The number of benzene rings is 1. The summed E-state index contributed by atoms with van der Waals surface area (Å²) < 4.78 is 78.8. The predicted octanol–water partition coefficient (Wildman–Crippen LogP) is 3.64. The Morgan fingerprint density at radius 1 is 1.14 bits per heavy atom. The van der Waals surface area contributed by atoms with Crippen molar-refractivity contribution >= 4 is 15.9 Å². The van der Waals surface area contributed by atoms with Gasteiger partial charge in [0, 0.05) is 30.1 Å². The highest BCUT2D eigenvalue weighted by molar-refractivity contribution is 7.89. The van der Waals surface area contributed by atoms with Crippen molar-refractivity contribution in [3.8, 4) is 17.2 Å². The van der Waals surface area contributed by atoms with Crippen LogP contribution in [0.1, 0.15) is 29.8 Å². The first-order chi connectivity index (χ1) is 17.5. The summed E-state index contributed by atoms with van der Waals surface area (Å²) in [4.78, 5) is 20.3. The average Bonchev–Trinajstić information content (AvgIpc) is 3.38. The molecule has 1 aliphatic heterocycles. The van der Waals surface area contributed by atoms with Crippen LogP contribution in [0.3, 0.4) is 0 Å². The summed E-state index contributed by atoms with van der Waals surface area (Å²) in [5, 5.41) is 12.0. The number of hydrogen-bond acceptors (Lipinski definition) is 6. The molecule has 13 heteroatoms. The quantitative estimate of drug-likeness (QED) is 0.484. The summed E-state index contributed by atoms with van der Waals surface area (Å²) in [5.41, 5.74) is -0.138. The number of nitrogens with one attached hydrogen (secondary N) is 1. The Kier molecular flexibility index (Phi) is 7.24. The van der Waals surface area contributed by atoms with Gasteiger partial charge in [0.1, 0.15) is 23.6 Å².